The van der Waals surface area contributed by atoms with E-state index in [4.69, 9.17) is 0 Å². The molecule has 0 aromatic heterocycles. The molecule has 0 spiro atoms. The lowest BCUT2D eigenvalue weighted by atomic mass is 10.2. The molecule has 3 heteroatoms. The van der Waals surface area contributed by atoms with E-state index in [2.05, 4.69) is 4.72 Å². The maximum absolute atomic E-state index is 10.3. The quantitative estimate of drug-likeness (QED) is 0.552. The fourth-order valence-corrected chi connectivity index (χ4v) is 1.12. The minimum atomic E-state index is 0.705. The molecule has 1 N–H and O–H groups in total. The zero-order valence-electron chi connectivity index (χ0n) is 6.20. The highest BCUT2D eigenvalue weighted by molar-refractivity contribution is 7.99. The molecule has 0 aliphatic carbocycles. The molecule has 0 amide bonds. The summed E-state index contributed by atoms with van der Waals surface area (Å²) in [5.41, 5.74) is 1.72. The predicted octanol–water partition coefficient (Wildman–Crippen LogP) is 2.19. The summed E-state index contributed by atoms with van der Waals surface area (Å²) in [5.74, 6) is 0. The number of benzene rings is 1. The molecule has 1 aromatic rings. The Bertz CT molecular complexity index is 232. The number of carbonyl (C=O) groups is 1. The van der Waals surface area contributed by atoms with Gasteiger partial charge in [0.25, 0.3) is 0 Å². The van der Waals surface area contributed by atoms with Crippen LogP contribution in [0.4, 0.5) is 5.69 Å². The zero-order chi connectivity index (χ0) is 8.10. The number of carbonyl (C=O) groups excluding carboxylic acids is 1. The lowest BCUT2D eigenvalue weighted by molar-refractivity contribution is 0.112. The molecule has 11 heavy (non-hydrogen) atoms. The van der Waals surface area contributed by atoms with Crippen LogP contribution in [0.25, 0.3) is 0 Å². The first-order valence-corrected chi connectivity index (χ1v) is 4.43. The Labute approximate surface area is 70.1 Å². The molecule has 0 aliphatic rings. The largest absolute Gasteiger partial charge is 0.330 e. The van der Waals surface area contributed by atoms with Gasteiger partial charge in [0.15, 0.2) is 0 Å². The summed E-state index contributed by atoms with van der Waals surface area (Å²) in [6.07, 6.45) is 2.79. The topological polar surface area (TPSA) is 29.1 Å². The number of aldehydes is 1. The molecule has 0 unspecified atom stereocenters. The van der Waals surface area contributed by atoms with Crippen molar-refractivity contribution in [2.75, 3.05) is 11.0 Å². The fraction of sp³-hybridized carbons (Fsp3) is 0.125. The van der Waals surface area contributed by atoms with Gasteiger partial charge in [0.05, 0.1) is 0 Å². The molecule has 0 aliphatic heterocycles. The summed E-state index contributed by atoms with van der Waals surface area (Å²) in [6.45, 7) is 0. The summed E-state index contributed by atoms with van der Waals surface area (Å²) < 4.78 is 3.06. The van der Waals surface area contributed by atoms with E-state index < -0.39 is 0 Å². The molecule has 0 atom stereocenters. The van der Waals surface area contributed by atoms with Crippen molar-refractivity contribution < 1.29 is 4.79 Å². The van der Waals surface area contributed by atoms with Gasteiger partial charge in [-0.1, -0.05) is 11.9 Å². The van der Waals surface area contributed by atoms with Crippen molar-refractivity contribution in [2.45, 2.75) is 0 Å². The van der Waals surface area contributed by atoms with Gasteiger partial charge in [-0.3, -0.25) is 4.79 Å². The Morgan fingerprint density at radius 2 is 2.00 bits per heavy atom. The van der Waals surface area contributed by atoms with Crippen LogP contribution in [-0.2, 0) is 0 Å². The van der Waals surface area contributed by atoms with Crippen molar-refractivity contribution in [3.8, 4) is 0 Å². The van der Waals surface area contributed by atoms with Crippen LogP contribution in [0.5, 0.6) is 0 Å². The number of rotatable bonds is 3. The summed E-state index contributed by atoms with van der Waals surface area (Å²) in [6, 6.07) is 7.32. The molecule has 0 fully saturated rings. The van der Waals surface area contributed by atoms with Gasteiger partial charge in [-0.05, 0) is 24.3 Å². The van der Waals surface area contributed by atoms with E-state index in [1.54, 1.807) is 12.1 Å². The normalized spacial score (nSPS) is 9.18. The third-order valence-electron chi connectivity index (χ3n) is 1.27. The maximum atomic E-state index is 10.3. The lowest BCUT2D eigenvalue weighted by Crippen LogP contribution is -1.84. The Kier molecular flexibility index (Phi) is 2.98. The number of anilines is 1. The van der Waals surface area contributed by atoms with Crippen LogP contribution in [0.1, 0.15) is 10.4 Å². The van der Waals surface area contributed by atoms with E-state index in [0.717, 1.165) is 12.0 Å². The third-order valence-corrected chi connectivity index (χ3v) is 1.71. The molecule has 0 bridgehead atoms. The molecule has 58 valence electrons. The molecular formula is C8H9NOS. The maximum Gasteiger partial charge on any atom is 0.150 e. The second-order valence-electron chi connectivity index (χ2n) is 2.05. The van der Waals surface area contributed by atoms with E-state index in [-0.39, 0.29) is 0 Å². The minimum absolute atomic E-state index is 0.705. The Balaban J connectivity index is 2.74. The van der Waals surface area contributed by atoms with Crippen LogP contribution in [0.15, 0.2) is 24.3 Å². The van der Waals surface area contributed by atoms with Crippen LogP contribution in [0.2, 0.25) is 0 Å². The summed E-state index contributed by atoms with van der Waals surface area (Å²) in [7, 11) is 0. The van der Waals surface area contributed by atoms with Gasteiger partial charge in [0, 0.05) is 17.5 Å². The van der Waals surface area contributed by atoms with Crippen LogP contribution in [0, 0.1) is 0 Å². The Hall–Kier alpha value is -0.960. The first kappa shape index (κ1) is 8.14. The Morgan fingerprint density at radius 3 is 2.45 bits per heavy atom. The van der Waals surface area contributed by atoms with Crippen molar-refractivity contribution in [1.82, 2.24) is 0 Å². The highest BCUT2D eigenvalue weighted by atomic mass is 32.2. The van der Waals surface area contributed by atoms with Gasteiger partial charge in [-0.2, -0.15) is 0 Å². The predicted molar refractivity (Wildman–Crippen MR) is 49.0 cm³/mol. The number of hydrogen-bond donors (Lipinski definition) is 1. The molecule has 1 aromatic carbocycles. The van der Waals surface area contributed by atoms with E-state index in [1.807, 2.05) is 18.4 Å². The molecule has 0 heterocycles. The molecule has 1 rings (SSSR count). The monoisotopic (exact) mass is 167 g/mol. The lowest BCUT2D eigenvalue weighted by Gasteiger charge is -2.00. The van der Waals surface area contributed by atoms with Gasteiger partial charge in [-0.15, -0.1) is 0 Å². The van der Waals surface area contributed by atoms with E-state index >= 15 is 0 Å². The van der Waals surface area contributed by atoms with Gasteiger partial charge >= 0.3 is 0 Å². The average Bonchev–Trinajstić information content (AvgIpc) is 2.07. The highest BCUT2D eigenvalue weighted by Crippen LogP contribution is 2.10. The molecular weight excluding hydrogens is 158 g/mol. The molecule has 2 nitrogen and oxygen atoms in total. The first-order chi connectivity index (χ1) is 5.36. The molecule has 0 saturated carbocycles. The molecule has 0 saturated heterocycles. The van der Waals surface area contributed by atoms with E-state index in [1.165, 1.54) is 11.9 Å². The van der Waals surface area contributed by atoms with Crippen LogP contribution >= 0.6 is 11.9 Å². The minimum Gasteiger partial charge on any atom is -0.330 e. The number of nitrogens with one attached hydrogen (secondary N) is 1. The summed E-state index contributed by atoms with van der Waals surface area (Å²) in [4.78, 5) is 10.3. The van der Waals surface area contributed by atoms with Gasteiger partial charge < -0.3 is 4.72 Å². The summed E-state index contributed by atoms with van der Waals surface area (Å²) in [5, 5.41) is 0. The third kappa shape index (κ3) is 2.27. The zero-order valence-corrected chi connectivity index (χ0v) is 7.02. The SMILES string of the molecule is CSNc1ccc(C=O)cc1. The first-order valence-electron chi connectivity index (χ1n) is 3.21. The van der Waals surface area contributed by atoms with Crippen molar-refractivity contribution in [2.24, 2.45) is 0 Å². The van der Waals surface area contributed by atoms with E-state index in [0.29, 0.717) is 5.56 Å². The van der Waals surface area contributed by atoms with Gasteiger partial charge in [-0.25, -0.2) is 0 Å². The standard InChI is InChI=1S/C8H9NOS/c1-11-9-8-4-2-7(6-10)3-5-8/h2-6,9H,1H3. The van der Waals surface area contributed by atoms with Crippen LogP contribution in [-0.4, -0.2) is 12.5 Å². The van der Waals surface area contributed by atoms with Gasteiger partial charge in [0.2, 0.25) is 0 Å². The molecule has 0 radical (unpaired) electrons. The van der Waals surface area contributed by atoms with Crippen molar-refractivity contribution in [3.05, 3.63) is 29.8 Å². The van der Waals surface area contributed by atoms with Crippen molar-refractivity contribution >= 4 is 23.9 Å². The van der Waals surface area contributed by atoms with Gasteiger partial charge in [0.1, 0.15) is 6.29 Å². The van der Waals surface area contributed by atoms with Crippen molar-refractivity contribution in [1.29, 1.82) is 0 Å². The summed E-state index contributed by atoms with van der Waals surface area (Å²) >= 11 is 1.53. The van der Waals surface area contributed by atoms with Crippen LogP contribution in [0.3, 0.4) is 0 Å². The van der Waals surface area contributed by atoms with Crippen LogP contribution < -0.4 is 4.72 Å². The average molecular weight is 167 g/mol. The van der Waals surface area contributed by atoms with E-state index in [9.17, 15) is 4.79 Å². The number of hydrogen-bond acceptors (Lipinski definition) is 3. The fourth-order valence-electron chi connectivity index (χ4n) is 0.748. The van der Waals surface area contributed by atoms with Crippen molar-refractivity contribution in [3.63, 3.8) is 0 Å². The second kappa shape index (κ2) is 4.03. The smallest absolute Gasteiger partial charge is 0.150 e. The highest BCUT2D eigenvalue weighted by Gasteiger charge is 1.89. The second-order valence-corrected chi connectivity index (χ2v) is 2.66. The Morgan fingerprint density at radius 1 is 1.36 bits per heavy atom.